The molecule has 2 aliphatic rings. The zero-order valence-electron chi connectivity index (χ0n) is 10.4. The molecule has 1 aromatic heterocycles. The SMILES string of the molecule is O=C(COC1CCCC1)Nc1nc(C2CC2)cs1. The molecule has 0 atom stereocenters. The third-order valence-electron chi connectivity index (χ3n) is 3.52. The fraction of sp³-hybridized carbons (Fsp3) is 0.692. The van der Waals surface area contributed by atoms with Crippen LogP contribution in [0.5, 0.6) is 0 Å². The van der Waals surface area contributed by atoms with Crippen molar-refractivity contribution in [2.24, 2.45) is 0 Å². The smallest absolute Gasteiger partial charge is 0.252 e. The van der Waals surface area contributed by atoms with Crippen LogP contribution >= 0.6 is 11.3 Å². The van der Waals surface area contributed by atoms with E-state index in [2.05, 4.69) is 10.3 Å². The Bertz CT molecular complexity index is 422. The summed E-state index contributed by atoms with van der Waals surface area (Å²) in [6.45, 7) is 0.156. The number of nitrogens with zero attached hydrogens (tertiary/aromatic N) is 1. The van der Waals surface area contributed by atoms with Gasteiger partial charge in [-0.05, 0) is 25.7 Å². The Morgan fingerprint density at radius 2 is 2.17 bits per heavy atom. The van der Waals surface area contributed by atoms with Crippen molar-refractivity contribution in [1.29, 1.82) is 0 Å². The Morgan fingerprint density at radius 3 is 2.89 bits per heavy atom. The Hall–Kier alpha value is -0.940. The minimum atomic E-state index is -0.0846. The van der Waals surface area contributed by atoms with Gasteiger partial charge in [0.1, 0.15) is 6.61 Å². The molecular weight excluding hydrogens is 248 g/mol. The minimum Gasteiger partial charge on any atom is -0.368 e. The zero-order chi connectivity index (χ0) is 12.4. The number of nitrogens with one attached hydrogen (secondary N) is 1. The molecule has 0 unspecified atom stereocenters. The molecule has 2 aliphatic carbocycles. The summed E-state index contributed by atoms with van der Waals surface area (Å²) >= 11 is 1.51. The van der Waals surface area contributed by atoms with E-state index in [9.17, 15) is 4.79 Å². The van der Waals surface area contributed by atoms with Crippen molar-refractivity contribution in [3.8, 4) is 0 Å². The Kier molecular flexibility index (Phi) is 3.61. The quantitative estimate of drug-likeness (QED) is 0.891. The molecule has 0 saturated heterocycles. The summed E-state index contributed by atoms with van der Waals surface area (Å²) in [6, 6.07) is 0. The van der Waals surface area contributed by atoms with Crippen molar-refractivity contribution in [3.63, 3.8) is 0 Å². The summed E-state index contributed by atoms with van der Waals surface area (Å²) in [5, 5.41) is 5.56. The molecule has 0 spiro atoms. The summed E-state index contributed by atoms with van der Waals surface area (Å²) in [5.41, 5.74) is 1.13. The van der Waals surface area contributed by atoms with E-state index in [0.717, 1.165) is 18.5 Å². The van der Waals surface area contributed by atoms with Gasteiger partial charge in [0.05, 0.1) is 11.8 Å². The number of amides is 1. The molecule has 0 aliphatic heterocycles. The molecule has 3 rings (SSSR count). The molecule has 0 aromatic carbocycles. The summed E-state index contributed by atoms with van der Waals surface area (Å²) in [6.07, 6.45) is 7.40. The van der Waals surface area contributed by atoms with E-state index in [1.54, 1.807) is 0 Å². The van der Waals surface area contributed by atoms with E-state index in [4.69, 9.17) is 4.74 Å². The standard InChI is InChI=1S/C13H18N2O2S/c16-12(7-17-10-3-1-2-4-10)15-13-14-11(8-18-13)9-5-6-9/h8-10H,1-7H2,(H,14,15,16). The highest BCUT2D eigenvalue weighted by Crippen LogP contribution is 2.40. The van der Waals surface area contributed by atoms with Gasteiger partial charge in [-0.15, -0.1) is 11.3 Å². The highest BCUT2D eigenvalue weighted by Gasteiger charge is 2.26. The number of rotatable bonds is 5. The van der Waals surface area contributed by atoms with E-state index < -0.39 is 0 Å². The van der Waals surface area contributed by atoms with Gasteiger partial charge in [0.15, 0.2) is 5.13 Å². The number of hydrogen-bond acceptors (Lipinski definition) is 4. The Morgan fingerprint density at radius 1 is 1.39 bits per heavy atom. The van der Waals surface area contributed by atoms with Gasteiger partial charge in [-0.3, -0.25) is 10.1 Å². The van der Waals surface area contributed by atoms with Crippen LogP contribution in [0.15, 0.2) is 5.38 Å². The third-order valence-corrected chi connectivity index (χ3v) is 4.29. The van der Waals surface area contributed by atoms with Crippen molar-refractivity contribution < 1.29 is 9.53 Å². The van der Waals surface area contributed by atoms with Gasteiger partial charge in [-0.25, -0.2) is 4.98 Å². The number of ether oxygens (including phenoxy) is 1. The van der Waals surface area contributed by atoms with Crippen LogP contribution in [0.2, 0.25) is 0 Å². The monoisotopic (exact) mass is 266 g/mol. The van der Waals surface area contributed by atoms with E-state index in [1.807, 2.05) is 5.38 Å². The largest absolute Gasteiger partial charge is 0.368 e. The number of aromatic nitrogens is 1. The zero-order valence-corrected chi connectivity index (χ0v) is 11.2. The normalized spacial score (nSPS) is 20.2. The van der Waals surface area contributed by atoms with Crippen molar-refractivity contribution >= 4 is 22.4 Å². The maximum atomic E-state index is 11.7. The predicted molar refractivity (Wildman–Crippen MR) is 70.9 cm³/mol. The van der Waals surface area contributed by atoms with Crippen molar-refractivity contribution in [2.45, 2.75) is 50.5 Å². The third kappa shape index (κ3) is 3.09. The fourth-order valence-electron chi connectivity index (χ4n) is 2.31. The van der Waals surface area contributed by atoms with Crippen LogP contribution < -0.4 is 5.32 Å². The molecule has 1 aromatic rings. The van der Waals surface area contributed by atoms with Crippen LogP contribution in [-0.2, 0) is 9.53 Å². The maximum Gasteiger partial charge on any atom is 0.252 e. The van der Waals surface area contributed by atoms with Crippen molar-refractivity contribution in [1.82, 2.24) is 4.98 Å². The topological polar surface area (TPSA) is 51.2 Å². The van der Waals surface area contributed by atoms with Crippen LogP contribution in [-0.4, -0.2) is 23.6 Å². The van der Waals surface area contributed by atoms with Gasteiger partial charge >= 0.3 is 0 Å². The highest BCUT2D eigenvalue weighted by atomic mass is 32.1. The number of carbonyl (C=O) groups is 1. The van der Waals surface area contributed by atoms with Crippen molar-refractivity contribution in [2.75, 3.05) is 11.9 Å². The molecule has 18 heavy (non-hydrogen) atoms. The van der Waals surface area contributed by atoms with E-state index in [0.29, 0.717) is 11.0 Å². The van der Waals surface area contributed by atoms with Crippen molar-refractivity contribution in [3.05, 3.63) is 11.1 Å². The van der Waals surface area contributed by atoms with Crippen LogP contribution in [0.3, 0.4) is 0 Å². The minimum absolute atomic E-state index is 0.0846. The van der Waals surface area contributed by atoms with Gasteiger partial charge in [0.2, 0.25) is 0 Å². The molecule has 5 heteroatoms. The van der Waals surface area contributed by atoms with Crippen LogP contribution in [0, 0.1) is 0 Å². The molecule has 1 amide bonds. The fourth-order valence-corrected chi connectivity index (χ4v) is 3.12. The lowest BCUT2D eigenvalue weighted by molar-refractivity contribution is -0.122. The molecular formula is C13H18N2O2S. The number of hydrogen-bond donors (Lipinski definition) is 1. The number of anilines is 1. The molecule has 2 fully saturated rings. The number of thiazole rings is 1. The first kappa shape index (κ1) is 12.1. The average Bonchev–Trinajstić information content (AvgIpc) is 2.90. The van der Waals surface area contributed by atoms with Gasteiger partial charge in [-0.1, -0.05) is 12.8 Å². The maximum absolute atomic E-state index is 11.7. The average molecular weight is 266 g/mol. The highest BCUT2D eigenvalue weighted by molar-refractivity contribution is 7.13. The molecule has 98 valence electrons. The Labute approximate surface area is 111 Å². The van der Waals surface area contributed by atoms with Gasteiger partial charge in [-0.2, -0.15) is 0 Å². The first-order valence-corrected chi connectivity index (χ1v) is 7.56. The van der Waals surface area contributed by atoms with Crippen LogP contribution in [0.1, 0.15) is 50.1 Å². The van der Waals surface area contributed by atoms with Crippen LogP contribution in [0.4, 0.5) is 5.13 Å². The second kappa shape index (κ2) is 5.36. The Balaban J connectivity index is 1.44. The summed E-state index contributed by atoms with van der Waals surface area (Å²) < 4.78 is 5.57. The summed E-state index contributed by atoms with van der Waals surface area (Å²) in [7, 11) is 0. The molecule has 1 heterocycles. The second-order valence-electron chi connectivity index (χ2n) is 5.12. The predicted octanol–water partition coefficient (Wildman–Crippen LogP) is 2.92. The molecule has 0 radical (unpaired) electrons. The molecule has 4 nitrogen and oxygen atoms in total. The second-order valence-corrected chi connectivity index (χ2v) is 5.98. The van der Waals surface area contributed by atoms with E-state index in [1.165, 1.54) is 37.0 Å². The lowest BCUT2D eigenvalue weighted by Gasteiger charge is -2.09. The first-order chi connectivity index (χ1) is 8.81. The molecule has 0 bridgehead atoms. The van der Waals surface area contributed by atoms with E-state index >= 15 is 0 Å². The summed E-state index contributed by atoms with van der Waals surface area (Å²) in [4.78, 5) is 16.1. The van der Waals surface area contributed by atoms with Gasteiger partial charge < -0.3 is 4.74 Å². The lowest BCUT2D eigenvalue weighted by Crippen LogP contribution is -2.21. The van der Waals surface area contributed by atoms with Crippen LogP contribution in [0.25, 0.3) is 0 Å². The van der Waals surface area contributed by atoms with E-state index in [-0.39, 0.29) is 18.6 Å². The molecule has 2 saturated carbocycles. The summed E-state index contributed by atoms with van der Waals surface area (Å²) in [5.74, 6) is 0.556. The molecule has 1 N–H and O–H groups in total. The first-order valence-electron chi connectivity index (χ1n) is 6.68. The van der Waals surface area contributed by atoms with Gasteiger partial charge in [0.25, 0.3) is 5.91 Å². The number of carbonyl (C=O) groups excluding carboxylic acids is 1. The lowest BCUT2D eigenvalue weighted by atomic mass is 10.3. The van der Waals surface area contributed by atoms with Gasteiger partial charge in [0, 0.05) is 11.3 Å².